The summed E-state index contributed by atoms with van der Waals surface area (Å²) < 4.78 is 37.4. The quantitative estimate of drug-likeness (QED) is 0.223. The number of para-hydroxylation sites is 1. The Hall–Kier alpha value is -1.97. The highest BCUT2D eigenvalue weighted by Gasteiger charge is 2.49. The van der Waals surface area contributed by atoms with E-state index in [4.69, 9.17) is 33.5 Å². The molecule has 1 N–H and O–H groups in total. The fraction of sp³-hybridized carbons (Fsp3) is 0.719. The van der Waals surface area contributed by atoms with Crippen LogP contribution < -0.4 is 4.74 Å². The van der Waals surface area contributed by atoms with Gasteiger partial charge in [0.05, 0.1) is 18.3 Å². The predicted molar refractivity (Wildman–Crippen MR) is 149 cm³/mol. The lowest BCUT2D eigenvalue weighted by Gasteiger charge is -2.30. The van der Waals surface area contributed by atoms with Crippen molar-refractivity contribution >= 4 is 5.97 Å². The SMILES string of the molecule is O=C(O)CCCCC1C[C@@H]2[C@@H](/C=C/[C@H](COc3ccccc3)OC3CCCCO3)[C@H](OC3CCCCO3)C[C@H]2O1. The molecule has 8 atom stereocenters. The van der Waals surface area contributed by atoms with E-state index in [-0.39, 0.29) is 49.3 Å². The molecule has 40 heavy (non-hydrogen) atoms. The fourth-order valence-electron chi connectivity index (χ4n) is 6.52. The summed E-state index contributed by atoms with van der Waals surface area (Å²) in [7, 11) is 0. The Kier molecular flexibility index (Phi) is 11.3. The number of carboxylic acid groups (broad SMARTS) is 1. The van der Waals surface area contributed by atoms with E-state index >= 15 is 0 Å². The maximum atomic E-state index is 10.9. The van der Waals surface area contributed by atoms with Gasteiger partial charge in [-0.25, -0.2) is 0 Å². The summed E-state index contributed by atoms with van der Waals surface area (Å²) in [5.41, 5.74) is 0. The molecule has 1 saturated carbocycles. The molecule has 0 aromatic heterocycles. The Morgan fingerprint density at radius 1 is 1.00 bits per heavy atom. The average molecular weight is 559 g/mol. The molecule has 4 aliphatic rings. The Morgan fingerprint density at radius 3 is 2.50 bits per heavy atom. The van der Waals surface area contributed by atoms with E-state index in [2.05, 4.69) is 12.2 Å². The van der Waals surface area contributed by atoms with E-state index < -0.39 is 5.97 Å². The first-order valence-corrected chi connectivity index (χ1v) is 15.4. The Bertz CT molecular complexity index is 911. The summed E-state index contributed by atoms with van der Waals surface area (Å²) in [6, 6.07) is 9.83. The molecular formula is C32H46O8. The van der Waals surface area contributed by atoms with Gasteiger partial charge in [-0.3, -0.25) is 4.79 Å². The van der Waals surface area contributed by atoms with Crippen LogP contribution in [0.1, 0.15) is 77.0 Å². The lowest BCUT2D eigenvalue weighted by Crippen LogP contribution is -2.32. The molecule has 222 valence electrons. The van der Waals surface area contributed by atoms with Crippen molar-refractivity contribution < 1.29 is 38.3 Å². The first-order valence-electron chi connectivity index (χ1n) is 15.4. The van der Waals surface area contributed by atoms with Gasteiger partial charge in [-0.1, -0.05) is 36.8 Å². The molecule has 8 heteroatoms. The molecule has 0 bridgehead atoms. The second-order valence-electron chi connectivity index (χ2n) is 11.6. The van der Waals surface area contributed by atoms with Gasteiger partial charge in [-0.15, -0.1) is 0 Å². The van der Waals surface area contributed by atoms with Crippen LogP contribution in [0.3, 0.4) is 0 Å². The van der Waals surface area contributed by atoms with Crippen molar-refractivity contribution in [1.82, 2.24) is 0 Å². The van der Waals surface area contributed by atoms with Gasteiger partial charge in [0.25, 0.3) is 0 Å². The highest BCUT2D eigenvalue weighted by molar-refractivity contribution is 5.66. The lowest BCUT2D eigenvalue weighted by molar-refractivity contribution is -0.194. The lowest BCUT2D eigenvalue weighted by atomic mass is 9.89. The standard InChI is InChI=1S/C32H46O8/c33-30(34)13-5-4-12-24-20-27-26(28(21-29(27)38-24)40-32-15-7-9-19-36-32)17-16-25(39-31-14-6-8-18-35-31)22-37-23-10-2-1-3-11-23/h1-3,10-11,16-17,24-29,31-32H,4-9,12-15,18-22H2,(H,33,34)/b17-16+/t24?,25-,26-,27-,28-,29-,31?,32?/m1/s1. The number of carboxylic acids is 1. The molecule has 1 aromatic rings. The molecule has 0 radical (unpaired) electrons. The van der Waals surface area contributed by atoms with Gasteiger partial charge >= 0.3 is 5.97 Å². The van der Waals surface area contributed by atoms with E-state index in [0.29, 0.717) is 18.9 Å². The van der Waals surface area contributed by atoms with Crippen molar-refractivity contribution in [3.05, 3.63) is 42.5 Å². The molecule has 3 heterocycles. The number of hydrogen-bond acceptors (Lipinski definition) is 7. The first kappa shape index (κ1) is 29.5. The highest BCUT2D eigenvalue weighted by atomic mass is 16.7. The minimum Gasteiger partial charge on any atom is -0.491 e. The molecular weight excluding hydrogens is 512 g/mol. The number of rotatable bonds is 14. The number of aliphatic carboxylic acids is 1. The zero-order chi connectivity index (χ0) is 27.6. The molecule has 4 fully saturated rings. The van der Waals surface area contributed by atoms with Crippen molar-refractivity contribution in [3.63, 3.8) is 0 Å². The summed E-state index contributed by atoms with van der Waals surface area (Å²) in [6.07, 6.45) is 14.9. The van der Waals surface area contributed by atoms with Crippen molar-refractivity contribution in [2.45, 2.75) is 114 Å². The van der Waals surface area contributed by atoms with Crippen LogP contribution in [0, 0.1) is 11.8 Å². The van der Waals surface area contributed by atoms with E-state index in [9.17, 15) is 4.79 Å². The topological polar surface area (TPSA) is 92.7 Å². The van der Waals surface area contributed by atoms with Crippen LogP contribution in [0.2, 0.25) is 0 Å². The third-order valence-corrected chi connectivity index (χ3v) is 8.57. The molecule has 0 spiro atoms. The second kappa shape index (κ2) is 15.3. The second-order valence-corrected chi connectivity index (χ2v) is 11.6. The Labute approximate surface area is 238 Å². The van der Waals surface area contributed by atoms with E-state index in [1.165, 1.54) is 0 Å². The van der Waals surface area contributed by atoms with Crippen molar-refractivity contribution in [1.29, 1.82) is 0 Å². The number of carbonyl (C=O) groups is 1. The normalized spacial score (nSPS) is 33.1. The van der Waals surface area contributed by atoms with Crippen LogP contribution in [-0.4, -0.2) is 67.9 Å². The number of unbranched alkanes of at least 4 members (excludes halogenated alkanes) is 1. The van der Waals surface area contributed by atoms with E-state index in [0.717, 1.165) is 83.2 Å². The van der Waals surface area contributed by atoms with Gasteiger partial charge in [0.1, 0.15) is 18.5 Å². The van der Waals surface area contributed by atoms with Crippen LogP contribution in [0.25, 0.3) is 0 Å². The number of hydrogen-bond donors (Lipinski definition) is 1. The smallest absolute Gasteiger partial charge is 0.303 e. The number of ether oxygens (including phenoxy) is 6. The Morgan fingerprint density at radius 2 is 1.77 bits per heavy atom. The zero-order valence-electron chi connectivity index (χ0n) is 23.6. The summed E-state index contributed by atoms with van der Waals surface area (Å²) in [5, 5.41) is 8.96. The molecule has 1 aromatic carbocycles. The van der Waals surface area contributed by atoms with Crippen molar-refractivity contribution in [2.24, 2.45) is 11.8 Å². The highest BCUT2D eigenvalue weighted by Crippen LogP contribution is 2.47. The summed E-state index contributed by atoms with van der Waals surface area (Å²) >= 11 is 0. The Balaban J connectivity index is 1.25. The predicted octanol–water partition coefficient (Wildman–Crippen LogP) is 5.88. The van der Waals surface area contributed by atoms with Crippen molar-refractivity contribution in [2.75, 3.05) is 19.8 Å². The summed E-state index contributed by atoms with van der Waals surface area (Å²) in [4.78, 5) is 10.9. The number of fused-ring (bicyclic) bond motifs is 1. The van der Waals surface area contributed by atoms with Crippen LogP contribution >= 0.6 is 0 Å². The van der Waals surface area contributed by atoms with Crippen LogP contribution in [0.5, 0.6) is 5.75 Å². The maximum Gasteiger partial charge on any atom is 0.303 e. The molecule has 1 aliphatic carbocycles. The largest absolute Gasteiger partial charge is 0.491 e. The fourth-order valence-corrected chi connectivity index (χ4v) is 6.52. The van der Waals surface area contributed by atoms with Gasteiger partial charge in [0, 0.05) is 32.0 Å². The van der Waals surface area contributed by atoms with Gasteiger partial charge in [0.15, 0.2) is 12.6 Å². The van der Waals surface area contributed by atoms with E-state index in [1.807, 2.05) is 30.3 Å². The molecule has 3 unspecified atom stereocenters. The zero-order valence-corrected chi connectivity index (χ0v) is 23.6. The van der Waals surface area contributed by atoms with Gasteiger partial charge in [-0.05, 0) is 75.8 Å². The summed E-state index contributed by atoms with van der Waals surface area (Å²) in [6.45, 7) is 1.89. The molecule has 3 aliphatic heterocycles. The van der Waals surface area contributed by atoms with Crippen molar-refractivity contribution in [3.8, 4) is 5.75 Å². The van der Waals surface area contributed by atoms with Gasteiger partial charge in [0.2, 0.25) is 0 Å². The third-order valence-electron chi connectivity index (χ3n) is 8.57. The minimum atomic E-state index is -0.731. The monoisotopic (exact) mass is 558 g/mol. The minimum absolute atomic E-state index is 0.0314. The van der Waals surface area contributed by atoms with E-state index in [1.54, 1.807) is 0 Å². The average Bonchev–Trinajstić information content (AvgIpc) is 3.51. The molecule has 5 rings (SSSR count). The molecule has 0 amide bonds. The van der Waals surface area contributed by atoms with Crippen LogP contribution in [0.15, 0.2) is 42.5 Å². The first-order chi connectivity index (χ1) is 19.6. The maximum absolute atomic E-state index is 10.9. The molecule has 3 saturated heterocycles. The molecule has 8 nitrogen and oxygen atoms in total. The van der Waals surface area contributed by atoms with Gasteiger partial charge < -0.3 is 33.5 Å². The summed E-state index contributed by atoms with van der Waals surface area (Å²) in [5.74, 6) is 0.636. The number of benzene rings is 1. The van der Waals surface area contributed by atoms with Crippen LogP contribution in [-0.2, 0) is 28.5 Å². The van der Waals surface area contributed by atoms with Gasteiger partial charge in [-0.2, -0.15) is 0 Å². The van der Waals surface area contributed by atoms with Crippen LogP contribution in [0.4, 0.5) is 0 Å². The third kappa shape index (κ3) is 8.76.